The maximum atomic E-state index is 12.5. The van der Waals surface area contributed by atoms with Crippen molar-refractivity contribution < 1.29 is 4.79 Å². The highest BCUT2D eigenvalue weighted by molar-refractivity contribution is 5.98. The van der Waals surface area contributed by atoms with Gasteiger partial charge < -0.3 is 4.57 Å². The summed E-state index contributed by atoms with van der Waals surface area (Å²) in [5, 5.41) is 4.37. The number of nitrogens with zero attached hydrogens (tertiary/aromatic N) is 2. The molecule has 1 aromatic heterocycles. The summed E-state index contributed by atoms with van der Waals surface area (Å²) in [7, 11) is 0. The van der Waals surface area contributed by atoms with Gasteiger partial charge in [0.25, 0.3) is 5.91 Å². The molecule has 0 bridgehead atoms. The van der Waals surface area contributed by atoms with E-state index in [1.165, 1.54) is 12.8 Å². The summed E-state index contributed by atoms with van der Waals surface area (Å²) >= 11 is 0. The zero-order valence-electron chi connectivity index (χ0n) is 12.8. The lowest BCUT2D eigenvalue weighted by molar-refractivity contribution is 0.0954. The summed E-state index contributed by atoms with van der Waals surface area (Å²) < 4.78 is 1.94. The molecule has 2 aromatic rings. The Morgan fingerprint density at radius 1 is 1.18 bits per heavy atom. The van der Waals surface area contributed by atoms with Crippen molar-refractivity contribution in [3.8, 4) is 5.69 Å². The molecule has 1 saturated carbocycles. The molecule has 1 fully saturated rings. The lowest BCUT2D eigenvalue weighted by atomic mass is 9.89. The topological polar surface area (TPSA) is 46.4 Å². The quantitative estimate of drug-likeness (QED) is 0.861. The normalized spacial score (nSPS) is 20.0. The van der Waals surface area contributed by atoms with E-state index in [-0.39, 0.29) is 5.91 Å². The Bertz CT molecular complexity index is 673. The largest absolute Gasteiger partial charge is 0.323 e. The summed E-state index contributed by atoms with van der Waals surface area (Å²) in [6.07, 6.45) is 8.43. The molecule has 1 atom stereocenters. The third-order valence-electron chi connectivity index (χ3n) is 4.22. The molecule has 1 aromatic carbocycles. The molecular formula is C18H21N3O. The SMILES string of the molecule is C[C@H]1CCCC/C1=N/NC(=O)c1ccccc1-n1cccc1. The van der Waals surface area contributed by atoms with Gasteiger partial charge in [-0.05, 0) is 49.4 Å². The molecular weight excluding hydrogens is 274 g/mol. The second-order valence-electron chi connectivity index (χ2n) is 5.80. The number of aromatic nitrogens is 1. The summed E-state index contributed by atoms with van der Waals surface area (Å²) in [5.74, 6) is 0.309. The molecule has 3 rings (SSSR count). The highest BCUT2D eigenvalue weighted by atomic mass is 16.2. The van der Waals surface area contributed by atoms with Gasteiger partial charge in [-0.15, -0.1) is 0 Å². The Balaban J connectivity index is 1.80. The van der Waals surface area contributed by atoms with Crippen LogP contribution in [0.5, 0.6) is 0 Å². The van der Waals surface area contributed by atoms with E-state index in [9.17, 15) is 4.79 Å². The van der Waals surface area contributed by atoms with Gasteiger partial charge in [-0.25, -0.2) is 5.43 Å². The lowest BCUT2D eigenvalue weighted by Gasteiger charge is -2.20. The lowest BCUT2D eigenvalue weighted by Crippen LogP contribution is -2.25. The van der Waals surface area contributed by atoms with Gasteiger partial charge in [0.2, 0.25) is 0 Å². The standard InChI is InChI=1S/C18H21N3O/c1-14-8-2-4-10-16(14)19-20-18(22)15-9-3-5-11-17(15)21-12-6-7-13-21/h3,5-7,9,11-14H,2,4,8,10H2,1H3,(H,20,22)/b19-16-/t14-/m0/s1. The number of rotatable bonds is 3. The van der Waals surface area contributed by atoms with Crippen molar-refractivity contribution in [2.75, 3.05) is 0 Å². The van der Waals surface area contributed by atoms with E-state index in [1.807, 2.05) is 53.4 Å². The number of hydrogen-bond acceptors (Lipinski definition) is 2. The minimum atomic E-state index is -0.158. The van der Waals surface area contributed by atoms with E-state index in [0.717, 1.165) is 24.2 Å². The van der Waals surface area contributed by atoms with E-state index in [4.69, 9.17) is 0 Å². The average Bonchev–Trinajstić information content (AvgIpc) is 3.08. The average molecular weight is 295 g/mol. The first-order valence-corrected chi connectivity index (χ1v) is 7.85. The molecule has 0 radical (unpaired) electrons. The molecule has 1 amide bonds. The van der Waals surface area contributed by atoms with Gasteiger partial charge in [0, 0.05) is 18.1 Å². The number of hydrogen-bond donors (Lipinski definition) is 1. The molecule has 0 spiro atoms. The van der Waals surface area contributed by atoms with Crippen molar-refractivity contribution in [1.82, 2.24) is 9.99 Å². The number of carbonyl (C=O) groups is 1. The predicted octanol–water partition coefficient (Wildman–Crippen LogP) is 3.77. The number of carbonyl (C=O) groups excluding carboxylic acids is 1. The molecule has 1 aliphatic rings. The monoisotopic (exact) mass is 295 g/mol. The smallest absolute Gasteiger partial charge is 0.273 e. The maximum absolute atomic E-state index is 12.5. The van der Waals surface area contributed by atoms with Crippen molar-refractivity contribution in [2.45, 2.75) is 32.6 Å². The van der Waals surface area contributed by atoms with Crippen LogP contribution >= 0.6 is 0 Å². The van der Waals surface area contributed by atoms with Crippen LogP contribution in [-0.2, 0) is 0 Å². The van der Waals surface area contributed by atoms with Crippen molar-refractivity contribution >= 4 is 11.6 Å². The van der Waals surface area contributed by atoms with Gasteiger partial charge in [0.05, 0.1) is 11.3 Å². The Kier molecular flexibility index (Phi) is 4.37. The van der Waals surface area contributed by atoms with Crippen LogP contribution in [0.15, 0.2) is 53.9 Å². The summed E-state index contributed by atoms with van der Waals surface area (Å²) in [5.41, 5.74) is 5.34. The van der Waals surface area contributed by atoms with Crippen molar-refractivity contribution in [3.05, 3.63) is 54.4 Å². The van der Waals surface area contributed by atoms with E-state index in [2.05, 4.69) is 17.5 Å². The predicted molar refractivity (Wildman–Crippen MR) is 88.3 cm³/mol. The van der Waals surface area contributed by atoms with Gasteiger partial charge in [-0.2, -0.15) is 5.10 Å². The van der Waals surface area contributed by atoms with Crippen molar-refractivity contribution in [3.63, 3.8) is 0 Å². The van der Waals surface area contributed by atoms with Gasteiger partial charge in [-0.1, -0.05) is 25.5 Å². The Morgan fingerprint density at radius 3 is 2.73 bits per heavy atom. The zero-order valence-corrected chi connectivity index (χ0v) is 12.8. The Hall–Kier alpha value is -2.36. The number of amides is 1. The van der Waals surface area contributed by atoms with Crippen molar-refractivity contribution in [1.29, 1.82) is 0 Å². The Labute approximate surface area is 130 Å². The molecule has 4 nitrogen and oxygen atoms in total. The van der Waals surface area contributed by atoms with Crippen LogP contribution in [0.4, 0.5) is 0 Å². The second kappa shape index (κ2) is 6.60. The number of para-hydroxylation sites is 1. The number of benzene rings is 1. The molecule has 22 heavy (non-hydrogen) atoms. The minimum absolute atomic E-state index is 0.158. The summed E-state index contributed by atoms with van der Waals surface area (Å²) in [4.78, 5) is 12.5. The fourth-order valence-corrected chi connectivity index (χ4v) is 2.90. The van der Waals surface area contributed by atoms with Crippen LogP contribution < -0.4 is 5.43 Å². The van der Waals surface area contributed by atoms with E-state index >= 15 is 0 Å². The third kappa shape index (κ3) is 3.11. The molecule has 0 aliphatic heterocycles. The fraction of sp³-hybridized carbons (Fsp3) is 0.333. The Morgan fingerprint density at radius 2 is 1.95 bits per heavy atom. The van der Waals surface area contributed by atoms with Gasteiger partial charge in [0.15, 0.2) is 0 Å². The molecule has 4 heteroatoms. The minimum Gasteiger partial charge on any atom is -0.323 e. The van der Waals surface area contributed by atoms with E-state index in [0.29, 0.717) is 11.5 Å². The van der Waals surface area contributed by atoms with E-state index < -0.39 is 0 Å². The van der Waals surface area contributed by atoms with Gasteiger partial charge >= 0.3 is 0 Å². The van der Waals surface area contributed by atoms with E-state index in [1.54, 1.807) is 0 Å². The first-order valence-electron chi connectivity index (χ1n) is 7.85. The molecule has 1 heterocycles. The highest BCUT2D eigenvalue weighted by Crippen LogP contribution is 2.21. The molecule has 114 valence electrons. The van der Waals surface area contributed by atoms with Crippen LogP contribution in [0.3, 0.4) is 0 Å². The second-order valence-corrected chi connectivity index (χ2v) is 5.80. The number of nitrogens with one attached hydrogen (secondary N) is 1. The summed E-state index contributed by atoms with van der Waals surface area (Å²) in [6, 6.07) is 11.5. The highest BCUT2D eigenvalue weighted by Gasteiger charge is 2.17. The fourth-order valence-electron chi connectivity index (χ4n) is 2.90. The third-order valence-corrected chi connectivity index (χ3v) is 4.22. The maximum Gasteiger partial charge on any atom is 0.273 e. The first kappa shape index (κ1) is 14.6. The number of hydrazone groups is 1. The van der Waals surface area contributed by atoms with Crippen molar-refractivity contribution in [2.24, 2.45) is 11.0 Å². The van der Waals surface area contributed by atoms with Gasteiger partial charge in [0.1, 0.15) is 0 Å². The van der Waals surface area contributed by atoms with Crippen LogP contribution in [0.1, 0.15) is 43.0 Å². The van der Waals surface area contributed by atoms with Crippen LogP contribution in [0.25, 0.3) is 5.69 Å². The van der Waals surface area contributed by atoms with Crippen LogP contribution in [0, 0.1) is 5.92 Å². The molecule has 1 aliphatic carbocycles. The molecule has 1 N–H and O–H groups in total. The van der Waals surface area contributed by atoms with Crippen LogP contribution in [-0.4, -0.2) is 16.2 Å². The van der Waals surface area contributed by atoms with Gasteiger partial charge in [-0.3, -0.25) is 4.79 Å². The first-order chi connectivity index (χ1) is 10.8. The summed E-state index contributed by atoms with van der Waals surface area (Å²) in [6.45, 7) is 2.18. The molecule has 0 saturated heterocycles. The zero-order chi connectivity index (χ0) is 15.4. The van der Waals surface area contributed by atoms with Crippen LogP contribution in [0.2, 0.25) is 0 Å². The molecule has 0 unspecified atom stereocenters.